The average molecular weight is 223 g/mol. The number of ether oxygens (including phenoxy) is 1. The van der Waals surface area contributed by atoms with E-state index in [2.05, 4.69) is 0 Å². The smallest absolute Gasteiger partial charge is 0.303 e. The van der Waals surface area contributed by atoms with E-state index in [9.17, 15) is 14.9 Å². The zero-order chi connectivity index (χ0) is 12.1. The average Bonchev–Trinajstić information content (AvgIpc) is 2.16. The van der Waals surface area contributed by atoms with E-state index in [1.54, 1.807) is 12.1 Å². The van der Waals surface area contributed by atoms with Crippen molar-refractivity contribution in [3.05, 3.63) is 45.5 Å². The second-order valence-corrected chi connectivity index (χ2v) is 3.52. The molecule has 0 amide bonds. The summed E-state index contributed by atoms with van der Waals surface area (Å²) in [7, 11) is 0. The first-order valence-corrected chi connectivity index (χ1v) is 4.84. The zero-order valence-corrected chi connectivity index (χ0v) is 9.17. The first kappa shape index (κ1) is 12.2. The molecular formula is C11H13NO4. The van der Waals surface area contributed by atoms with E-state index in [-0.39, 0.29) is 0 Å². The monoisotopic (exact) mass is 223 g/mol. The molecule has 1 atom stereocenters. The summed E-state index contributed by atoms with van der Waals surface area (Å²) in [6, 6.07) is 7.11. The van der Waals surface area contributed by atoms with Crippen molar-refractivity contribution in [3.63, 3.8) is 0 Å². The van der Waals surface area contributed by atoms with Gasteiger partial charge < -0.3 is 4.74 Å². The van der Waals surface area contributed by atoms with Gasteiger partial charge in [0.25, 0.3) is 0 Å². The summed E-state index contributed by atoms with van der Waals surface area (Å²) in [5.74, 6) is -0.521. The summed E-state index contributed by atoms with van der Waals surface area (Å²) < 4.78 is 4.91. The molecule has 0 aromatic heterocycles. The number of esters is 1. The molecule has 0 heterocycles. The SMILES string of the molecule is CC(=O)O[C@@H](C[N+](=O)[O-])c1ccc(C)cc1. The summed E-state index contributed by atoms with van der Waals surface area (Å²) >= 11 is 0. The molecule has 86 valence electrons. The molecule has 0 saturated heterocycles. The van der Waals surface area contributed by atoms with Gasteiger partial charge in [0.2, 0.25) is 6.54 Å². The van der Waals surface area contributed by atoms with Crippen LogP contribution in [-0.2, 0) is 9.53 Å². The third kappa shape index (κ3) is 3.68. The summed E-state index contributed by atoms with van der Waals surface area (Å²) in [6.45, 7) is 2.74. The summed E-state index contributed by atoms with van der Waals surface area (Å²) in [5.41, 5.74) is 1.68. The minimum absolute atomic E-state index is 0.414. The van der Waals surface area contributed by atoms with Crippen LogP contribution in [0.15, 0.2) is 24.3 Å². The van der Waals surface area contributed by atoms with Gasteiger partial charge in [0, 0.05) is 11.8 Å². The highest BCUT2D eigenvalue weighted by Gasteiger charge is 2.20. The first-order chi connectivity index (χ1) is 7.49. The molecule has 1 aromatic carbocycles. The van der Waals surface area contributed by atoms with Crippen molar-refractivity contribution in [2.75, 3.05) is 6.54 Å². The van der Waals surface area contributed by atoms with Gasteiger partial charge in [-0.25, -0.2) is 0 Å². The van der Waals surface area contributed by atoms with Crippen molar-refractivity contribution >= 4 is 5.97 Å². The minimum Gasteiger partial charge on any atom is -0.451 e. The predicted molar refractivity (Wildman–Crippen MR) is 57.5 cm³/mol. The second-order valence-electron chi connectivity index (χ2n) is 3.52. The molecule has 0 unspecified atom stereocenters. The van der Waals surface area contributed by atoms with Crippen LogP contribution >= 0.6 is 0 Å². The van der Waals surface area contributed by atoms with Gasteiger partial charge in [-0.15, -0.1) is 0 Å². The van der Waals surface area contributed by atoms with Crippen LogP contribution in [0.25, 0.3) is 0 Å². The van der Waals surface area contributed by atoms with Gasteiger partial charge in [-0.05, 0) is 12.5 Å². The van der Waals surface area contributed by atoms with Gasteiger partial charge in [0.1, 0.15) is 0 Å². The summed E-state index contributed by atoms with van der Waals surface area (Å²) in [5, 5.41) is 10.4. The van der Waals surface area contributed by atoms with Crippen molar-refractivity contribution in [2.45, 2.75) is 20.0 Å². The van der Waals surface area contributed by atoms with Gasteiger partial charge >= 0.3 is 5.97 Å². The minimum atomic E-state index is -0.812. The number of aryl methyl sites for hydroxylation is 1. The Morgan fingerprint density at radius 2 is 2.00 bits per heavy atom. The predicted octanol–water partition coefficient (Wildman–Crippen LogP) is 1.88. The van der Waals surface area contributed by atoms with Crippen molar-refractivity contribution in [1.82, 2.24) is 0 Å². The molecule has 0 fully saturated rings. The van der Waals surface area contributed by atoms with Crippen LogP contribution in [0.2, 0.25) is 0 Å². The zero-order valence-electron chi connectivity index (χ0n) is 9.17. The van der Waals surface area contributed by atoms with Crippen molar-refractivity contribution in [1.29, 1.82) is 0 Å². The number of rotatable bonds is 4. The Bertz CT molecular complexity index is 369. The van der Waals surface area contributed by atoms with E-state index in [0.29, 0.717) is 5.56 Å². The van der Waals surface area contributed by atoms with Crippen LogP contribution in [0.5, 0.6) is 0 Å². The Labute approximate surface area is 93.2 Å². The highest BCUT2D eigenvalue weighted by molar-refractivity contribution is 5.66. The van der Waals surface area contributed by atoms with E-state index >= 15 is 0 Å². The maximum atomic E-state index is 10.8. The van der Waals surface area contributed by atoms with Crippen LogP contribution in [-0.4, -0.2) is 17.4 Å². The molecule has 0 spiro atoms. The maximum Gasteiger partial charge on any atom is 0.303 e. The molecular weight excluding hydrogens is 210 g/mol. The fraction of sp³-hybridized carbons (Fsp3) is 0.364. The molecule has 0 bridgehead atoms. The molecule has 0 aliphatic heterocycles. The molecule has 0 saturated carbocycles. The molecule has 0 N–H and O–H groups in total. The Kier molecular flexibility index (Phi) is 3.99. The van der Waals surface area contributed by atoms with Crippen LogP contribution in [0, 0.1) is 17.0 Å². The summed E-state index contributed by atoms with van der Waals surface area (Å²) in [4.78, 5) is 20.8. The lowest BCUT2D eigenvalue weighted by Crippen LogP contribution is -2.17. The molecule has 1 aromatic rings. The molecule has 5 nitrogen and oxygen atoms in total. The van der Waals surface area contributed by atoms with Gasteiger partial charge in [-0.3, -0.25) is 14.9 Å². The first-order valence-electron chi connectivity index (χ1n) is 4.84. The van der Waals surface area contributed by atoms with Crippen molar-refractivity contribution in [3.8, 4) is 0 Å². The van der Waals surface area contributed by atoms with Crippen LogP contribution in [0.4, 0.5) is 0 Å². The molecule has 0 aliphatic carbocycles. The lowest BCUT2D eigenvalue weighted by molar-refractivity contribution is -0.491. The fourth-order valence-corrected chi connectivity index (χ4v) is 1.33. The molecule has 1 rings (SSSR count). The van der Waals surface area contributed by atoms with E-state index < -0.39 is 23.5 Å². The van der Waals surface area contributed by atoms with E-state index in [1.165, 1.54) is 6.92 Å². The molecule has 0 aliphatic rings. The van der Waals surface area contributed by atoms with E-state index in [0.717, 1.165) is 5.56 Å². The Morgan fingerprint density at radius 3 is 2.44 bits per heavy atom. The number of carbonyl (C=O) groups excluding carboxylic acids is 1. The molecule has 0 radical (unpaired) electrons. The summed E-state index contributed by atoms with van der Waals surface area (Å²) in [6.07, 6.45) is -0.812. The van der Waals surface area contributed by atoms with Gasteiger partial charge in [-0.2, -0.15) is 0 Å². The number of hydrogen-bond acceptors (Lipinski definition) is 4. The van der Waals surface area contributed by atoms with Gasteiger partial charge in [0.15, 0.2) is 6.10 Å². The maximum absolute atomic E-state index is 10.8. The standard InChI is InChI=1S/C11H13NO4/c1-8-3-5-10(6-4-8)11(7-12(14)15)16-9(2)13/h3-6,11H,7H2,1-2H3/t11-/m0/s1. The number of nitrogens with zero attached hydrogens (tertiary/aromatic N) is 1. The highest BCUT2D eigenvalue weighted by Crippen LogP contribution is 2.18. The van der Waals surface area contributed by atoms with Crippen LogP contribution in [0.1, 0.15) is 24.2 Å². The van der Waals surface area contributed by atoms with Crippen molar-refractivity contribution in [2.24, 2.45) is 0 Å². The largest absolute Gasteiger partial charge is 0.451 e. The number of benzene rings is 1. The third-order valence-corrected chi connectivity index (χ3v) is 2.07. The lowest BCUT2D eigenvalue weighted by atomic mass is 10.1. The topological polar surface area (TPSA) is 69.4 Å². The van der Waals surface area contributed by atoms with E-state index in [1.807, 2.05) is 19.1 Å². The van der Waals surface area contributed by atoms with Crippen molar-refractivity contribution < 1.29 is 14.5 Å². The Hall–Kier alpha value is -1.91. The highest BCUT2D eigenvalue weighted by atomic mass is 16.6. The fourth-order valence-electron chi connectivity index (χ4n) is 1.33. The van der Waals surface area contributed by atoms with Gasteiger partial charge in [-0.1, -0.05) is 29.8 Å². The number of carbonyl (C=O) groups is 1. The lowest BCUT2D eigenvalue weighted by Gasteiger charge is -2.13. The second kappa shape index (κ2) is 5.25. The van der Waals surface area contributed by atoms with Gasteiger partial charge in [0.05, 0.1) is 0 Å². The number of hydrogen-bond donors (Lipinski definition) is 0. The normalized spacial score (nSPS) is 11.9. The van der Waals surface area contributed by atoms with E-state index in [4.69, 9.17) is 4.74 Å². The van der Waals surface area contributed by atoms with Crippen LogP contribution < -0.4 is 0 Å². The van der Waals surface area contributed by atoms with Crippen LogP contribution in [0.3, 0.4) is 0 Å². The Morgan fingerprint density at radius 1 is 1.44 bits per heavy atom. The Balaban J connectivity index is 2.86. The molecule has 5 heteroatoms. The quantitative estimate of drug-likeness (QED) is 0.444. The third-order valence-electron chi connectivity index (χ3n) is 2.07. The molecule has 16 heavy (non-hydrogen) atoms. The number of nitro groups is 1.